The number of nitrogen functional groups attached to an aromatic ring is 1. The van der Waals surface area contributed by atoms with E-state index < -0.39 is 0 Å². The molecule has 1 aliphatic heterocycles. The minimum Gasteiger partial charge on any atom is -0.399 e. The Morgan fingerprint density at radius 2 is 2.06 bits per heavy atom. The Hall–Kier alpha value is -1.03. The third kappa shape index (κ3) is 2.86. The molecule has 1 aromatic rings. The lowest BCUT2D eigenvalue weighted by Crippen LogP contribution is -2.42. The van der Waals surface area contributed by atoms with Gasteiger partial charge in [-0.25, -0.2) is 0 Å². The molecule has 1 fully saturated rings. The molecule has 2 atom stereocenters. The SMILES string of the molecule is CC1CCN(C(=O)c2cc(N)cc(Br)c2)CC1C. The van der Waals surface area contributed by atoms with Crippen LogP contribution in [0.3, 0.4) is 0 Å². The van der Waals surface area contributed by atoms with Crippen molar-refractivity contribution in [3.8, 4) is 0 Å². The molecule has 1 aliphatic rings. The summed E-state index contributed by atoms with van der Waals surface area (Å²) < 4.78 is 0.851. The van der Waals surface area contributed by atoms with E-state index in [9.17, 15) is 4.79 Å². The van der Waals surface area contributed by atoms with Crippen LogP contribution in [0.2, 0.25) is 0 Å². The van der Waals surface area contributed by atoms with Crippen molar-refractivity contribution in [2.45, 2.75) is 20.3 Å². The maximum atomic E-state index is 12.4. The highest BCUT2D eigenvalue weighted by molar-refractivity contribution is 9.10. The highest BCUT2D eigenvalue weighted by atomic mass is 79.9. The average molecular weight is 311 g/mol. The van der Waals surface area contributed by atoms with Crippen LogP contribution in [-0.2, 0) is 0 Å². The summed E-state index contributed by atoms with van der Waals surface area (Å²) in [6, 6.07) is 5.38. The Morgan fingerprint density at radius 1 is 1.33 bits per heavy atom. The van der Waals surface area contributed by atoms with Gasteiger partial charge in [0.15, 0.2) is 0 Å². The number of nitrogens with zero attached hydrogens (tertiary/aromatic N) is 1. The maximum absolute atomic E-state index is 12.4. The summed E-state index contributed by atoms with van der Waals surface area (Å²) in [4.78, 5) is 14.3. The van der Waals surface area contributed by atoms with Crippen molar-refractivity contribution in [2.75, 3.05) is 18.8 Å². The third-order valence-corrected chi connectivity index (χ3v) is 4.25. The number of piperidine rings is 1. The van der Waals surface area contributed by atoms with E-state index in [0.29, 0.717) is 23.1 Å². The minimum atomic E-state index is 0.0850. The van der Waals surface area contributed by atoms with Gasteiger partial charge < -0.3 is 10.6 Å². The highest BCUT2D eigenvalue weighted by Gasteiger charge is 2.26. The first kappa shape index (κ1) is 13.4. The fraction of sp³-hybridized carbons (Fsp3) is 0.500. The van der Waals surface area contributed by atoms with Crippen LogP contribution in [-0.4, -0.2) is 23.9 Å². The Balaban J connectivity index is 2.16. The van der Waals surface area contributed by atoms with Crippen molar-refractivity contribution in [3.05, 3.63) is 28.2 Å². The third-order valence-electron chi connectivity index (χ3n) is 3.79. The van der Waals surface area contributed by atoms with Crippen molar-refractivity contribution in [1.29, 1.82) is 0 Å². The zero-order valence-corrected chi connectivity index (χ0v) is 12.4. The molecular weight excluding hydrogens is 292 g/mol. The lowest BCUT2D eigenvalue weighted by atomic mass is 9.88. The van der Waals surface area contributed by atoms with Crippen LogP contribution in [0.1, 0.15) is 30.6 Å². The normalized spacial score (nSPS) is 24.1. The number of hydrogen-bond acceptors (Lipinski definition) is 2. The summed E-state index contributed by atoms with van der Waals surface area (Å²) in [6.07, 6.45) is 1.08. The van der Waals surface area contributed by atoms with Crippen LogP contribution in [0.4, 0.5) is 5.69 Å². The second kappa shape index (κ2) is 5.31. The highest BCUT2D eigenvalue weighted by Crippen LogP contribution is 2.25. The Labute approximate surface area is 116 Å². The molecule has 0 radical (unpaired) electrons. The van der Waals surface area contributed by atoms with Crippen molar-refractivity contribution in [1.82, 2.24) is 4.90 Å². The zero-order valence-electron chi connectivity index (χ0n) is 10.8. The fourth-order valence-corrected chi connectivity index (χ4v) is 2.88. The van der Waals surface area contributed by atoms with E-state index in [1.54, 1.807) is 12.1 Å². The van der Waals surface area contributed by atoms with Crippen LogP contribution in [0.25, 0.3) is 0 Å². The number of carbonyl (C=O) groups is 1. The zero-order chi connectivity index (χ0) is 13.3. The molecular formula is C14H19BrN2O. The molecule has 1 amide bonds. The van der Waals surface area contributed by atoms with E-state index in [1.807, 2.05) is 11.0 Å². The molecule has 98 valence electrons. The molecule has 2 unspecified atom stereocenters. The van der Waals surface area contributed by atoms with E-state index in [0.717, 1.165) is 24.0 Å². The number of anilines is 1. The molecule has 0 aliphatic carbocycles. The predicted octanol–water partition coefficient (Wildman–Crippen LogP) is 3.15. The van der Waals surface area contributed by atoms with Crippen LogP contribution in [0.5, 0.6) is 0 Å². The van der Waals surface area contributed by atoms with E-state index in [2.05, 4.69) is 29.8 Å². The fourth-order valence-electron chi connectivity index (χ4n) is 2.37. The van der Waals surface area contributed by atoms with Crippen molar-refractivity contribution >= 4 is 27.5 Å². The second-order valence-corrected chi connectivity index (χ2v) is 6.18. The van der Waals surface area contributed by atoms with E-state index in [-0.39, 0.29) is 5.91 Å². The number of amides is 1. The number of rotatable bonds is 1. The second-order valence-electron chi connectivity index (χ2n) is 5.27. The molecule has 0 bridgehead atoms. The van der Waals surface area contributed by atoms with E-state index in [1.165, 1.54) is 0 Å². The van der Waals surface area contributed by atoms with E-state index in [4.69, 9.17) is 5.73 Å². The predicted molar refractivity (Wildman–Crippen MR) is 77.4 cm³/mol. The first-order chi connectivity index (χ1) is 8.47. The Morgan fingerprint density at radius 3 is 2.67 bits per heavy atom. The summed E-state index contributed by atoms with van der Waals surface area (Å²) in [5.74, 6) is 1.34. The molecule has 0 aromatic heterocycles. The van der Waals surface area contributed by atoms with Crippen molar-refractivity contribution in [2.24, 2.45) is 11.8 Å². The van der Waals surface area contributed by atoms with Gasteiger partial charge in [0.1, 0.15) is 0 Å². The van der Waals surface area contributed by atoms with Crippen LogP contribution in [0.15, 0.2) is 22.7 Å². The van der Waals surface area contributed by atoms with Gasteiger partial charge in [-0.1, -0.05) is 29.8 Å². The van der Waals surface area contributed by atoms with Gasteiger partial charge in [-0.05, 0) is 36.5 Å². The first-order valence-corrected chi connectivity index (χ1v) is 7.12. The van der Waals surface area contributed by atoms with Gasteiger partial charge in [0.25, 0.3) is 5.91 Å². The van der Waals surface area contributed by atoms with E-state index >= 15 is 0 Å². The van der Waals surface area contributed by atoms with Crippen molar-refractivity contribution < 1.29 is 4.79 Å². The molecule has 1 heterocycles. The molecule has 2 N–H and O–H groups in total. The number of benzene rings is 1. The van der Waals surface area contributed by atoms with Gasteiger partial charge in [0.2, 0.25) is 0 Å². The lowest BCUT2D eigenvalue weighted by molar-refractivity contribution is 0.0627. The quantitative estimate of drug-likeness (QED) is 0.810. The smallest absolute Gasteiger partial charge is 0.253 e. The van der Waals surface area contributed by atoms with Gasteiger partial charge >= 0.3 is 0 Å². The van der Waals surface area contributed by atoms with Gasteiger partial charge in [0.05, 0.1) is 0 Å². The lowest BCUT2D eigenvalue weighted by Gasteiger charge is -2.35. The number of carbonyl (C=O) groups excluding carboxylic acids is 1. The molecule has 1 aromatic carbocycles. The van der Waals surface area contributed by atoms with Gasteiger partial charge in [-0.2, -0.15) is 0 Å². The molecule has 4 heteroatoms. The Kier molecular flexibility index (Phi) is 3.95. The van der Waals surface area contributed by atoms with Crippen LogP contribution < -0.4 is 5.73 Å². The largest absolute Gasteiger partial charge is 0.399 e. The summed E-state index contributed by atoms with van der Waals surface area (Å²) in [7, 11) is 0. The topological polar surface area (TPSA) is 46.3 Å². The minimum absolute atomic E-state index is 0.0850. The standard InChI is InChI=1S/C14H19BrN2O/c1-9-3-4-17(8-10(9)2)14(18)11-5-12(15)7-13(16)6-11/h5-7,9-10H,3-4,8,16H2,1-2H3. The monoisotopic (exact) mass is 310 g/mol. The molecule has 3 nitrogen and oxygen atoms in total. The molecule has 1 saturated heterocycles. The molecule has 2 rings (SSSR count). The molecule has 18 heavy (non-hydrogen) atoms. The maximum Gasteiger partial charge on any atom is 0.253 e. The van der Waals surface area contributed by atoms with Gasteiger partial charge in [0, 0.05) is 28.8 Å². The summed E-state index contributed by atoms with van der Waals surface area (Å²) in [5, 5.41) is 0. The van der Waals surface area contributed by atoms with Gasteiger partial charge in [-0.3, -0.25) is 4.79 Å². The summed E-state index contributed by atoms with van der Waals surface area (Å²) >= 11 is 3.38. The number of nitrogens with two attached hydrogens (primary N) is 1. The van der Waals surface area contributed by atoms with Crippen molar-refractivity contribution in [3.63, 3.8) is 0 Å². The Bertz CT molecular complexity index is 441. The number of hydrogen-bond donors (Lipinski definition) is 1. The van der Waals surface area contributed by atoms with Gasteiger partial charge in [-0.15, -0.1) is 0 Å². The van der Waals surface area contributed by atoms with Crippen LogP contribution >= 0.6 is 15.9 Å². The number of halogens is 1. The average Bonchev–Trinajstić information content (AvgIpc) is 2.30. The summed E-state index contributed by atoms with van der Waals surface area (Å²) in [6.45, 7) is 6.14. The molecule has 0 spiro atoms. The summed E-state index contributed by atoms with van der Waals surface area (Å²) in [5.41, 5.74) is 7.06. The first-order valence-electron chi connectivity index (χ1n) is 6.32. The number of likely N-dealkylation sites (tertiary alicyclic amines) is 1. The molecule has 0 saturated carbocycles. The van der Waals surface area contributed by atoms with Crippen LogP contribution in [0, 0.1) is 11.8 Å².